The molecular weight excluding hydrogens is 306 g/mol. The number of ether oxygens (including phenoxy) is 1. The fourth-order valence-corrected chi connectivity index (χ4v) is 2.02. The maximum atomic E-state index is 5.76. The Balaban J connectivity index is 2.35. The maximum absolute atomic E-state index is 5.76. The first-order valence-electron chi connectivity index (χ1n) is 6.12. The van der Waals surface area contributed by atoms with Crippen molar-refractivity contribution in [3.63, 3.8) is 0 Å². The lowest BCUT2D eigenvalue weighted by molar-refractivity contribution is 0.423. The van der Waals surface area contributed by atoms with Crippen molar-refractivity contribution >= 4 is 15.9 Å². The van der Waals surface area contributed by atoms with Gasteiger partial charge >= 0.3 is 6.01 Å². The van der Waals surface area contributed by atoms with Gasteiger partial charge in [-0.05, 0) is 43.5 Å². The lowest BCUT2D eigenvalue weighted by Crippen LogP contribution is -2.01. The Labute approximate surface area is 121 Å². The third-order valence-electron chi connectivity index (χ3n) is 2.87. The van der Waals surface area contributed by atoms with Gasteiger partial charge in [0.1, 0.15) is 5.75 Å². The molecule has 0 N–H and O–H groups in total. The maximum Gasteiger partial charge on any atom is 0.341 e. The fraction of sp³-hybridized carbons (Fsp3) is 0.357. The molecule has 0 unspecified atom stereocenters. The first-order chi connectivity index (χ1) is 8.97. The second-order valence-electron chi connectivity index (χ2n) is 4.70. The second kappa shape index (κ2) is 5.65. The minimum atomic E-state index is 0.285. The summed E-state index contributed by atoms with van der Waals surface area (Å²) in [6.45, 7) is 8.00. The summed E-state index contributed by atoms with van der Waals surface area (Å²) < 4.78 is 6.79. The summed E-state index contributed by atoms with van der Waals surface area (Å²) in [5, 5.41) is 7.98. The van der Waals surface area contributed by atoms with Crippen LogP contribution in [0, 0.1) is 13.8 Å². The Morgan fingerprint density at radius 1 is 1.11 bits per heavy atom. The standard InChI is InChI=1S/C14H16BrN3O/c1-8(2)12-7-11(15)5-6-13(12)19-14-16-9(3)10(4)17-18-14/h5-8H,1-4H3. The number of rotatable bonds is 3. The number of hydrogen-bond acceptors (Lipinski definition) is 4. The number of aromatic nitrogens is 3. The number of halogens is 1. The molecule has 0 aliphatic rings. The molecule has 0 fully saturated rings. The van der Waals surface area contributed by atoms with Gasteiger partial charge < -0.3 is 4.74 Å². The van der Waals surface area contributed by atoms with Crippen molar-refractivity contribution in [1.29, 1.82) is 0 Å². The molecule has 0 radical (unpaired) electrons. The Hall–Kier alpha value is -1.49. The summed E-state index contributed by atoms with van der Waals surface area (Å²) in [4.78, 5) is 4.28. The molecule has 2 rings (SSSR count). The Morgan fingerprint density at radius 2 is 1.84 bits per heavy atom. The normalized spacial score (nSPS) is 10.8. The van der Waals surface area contributed by atoms with Crippen LogP contribution in [0.3, 0.4) is 0 Å². The van der Waals surface area contributed by atoms with Crippen LogP contribution in [0.15, 0.2) is 22.7 Å². The molecule has 0 aliphatic heterocycles. The summed E-state index contributed by atoms with van der Waals surface area (Å²) in [6, 6.07) is 6.19. The van der Waals surface area contributed by atoms with Crippen molar-refractivity contribution in [2.75, 3.05) is 0 Å². The Kier molecular flexibility index (Phi) is 4.14. The third-order valence-corrected chi connectivity index (χ3v) is 3.36. The highest BCUT2D eigenvalue weighted by atomic mass is 79.9. The zero-order chi connectivity index (χ0) is 14.0. The molecule has 2 aromatic rings. The topological polar surface area (TPSA) is 47.9 Å². The van der Waals surface area contributed by atoms with Gasteiger partial charge in [0.05, 0.1) is 11.4 Å². The van der Waals surface area contributed by atoms with E-state index in [4.69, 9.17) is 4.74 Å². The predicted molar refractivity (Wildman–Crippen MR) is 77.6 cm³/mol. The number of hydrogen-bond donors (Lipinski definition) is 0. The van der Waals surface area contributed by atoms with E-state index in [1.807, 2.05) is 26.0 Å². The van der Waals surface area contributed by atoms with Crippen molar-refractivity contribution in [2.45, 2.75) is 33.6 Å². The predicted octanol–water partition coefficient (Wildman–Crippen LogP) is 4.17. The van der Waals surface area contributed by atoms with Crippen LogP contribution >= 0.6 is 15.9 Å². The first-order valence-corrected chi connectivity index (χ1v) is 6.92. The Bertz CT molecular complexity index is 599. The molecule has 1 heterocycles. The molecule has 0 amide bonds. The second-order valence-corrected chi connectivity index (χ2v) is 5.62. The highest BCUT2D eigenvalue weighted by Crippen LogP contribution is 2.31. The number of benzene rings is 1. The Morgan fingerprint density at radius 3 is 2.47 bits per heavy atom. The number of nitrogens with zero attached hydrogens (tertiary/aromatic N) is 3. The zero-order valence-corrected chi connectivity index (χ0v) is 13.0. The van der Waals surface area contributed by atoms with Crippen LogP contribution in [-0.4, -0.2) is 15.2 Å². The van der Waals surface area contributed by atoms with Crippen molar-refractivity contribution in [3.8, 4) is 11.8 Å². The molecule has 0 atom stereocenters. The number of aryl methyl sites for hydroxylation is 2. The minimum absolute atomic E-state index is 0.285. The minimum Gasteiger partial charge on any atom is -0.423 e. The van der Waals surface area contributed by atoms with Crippen molar-refractivity contribution < 1.29 is 4.74 Å². The van der Waals surface area contributed by atoms with Gasteiger partial charge in [-0.1, -0.05) is 34.9 Å². The quantitative estimate of drug-likeness (QED) is 0.851. The third kappa shape index (κ3) is 3.29. The van der Waals surface area contributed by atoms with Crippen LogP contribution in [0.2, 0.25) is 0 Å². The largest absolute Gasteiger partial charge is 0.423 e. The molecule has 1 aromatic heterocycles. The molecule has 5 heteroatoms. The molecule has 0 saturated carbocycles. The highest BCUT2D eigenvalue weighted by molar-refractivity contribution is 9.10. The molecule has 19 heavy (non-hydrogen) atoms. The first kappa shape index (κ1) is 13.9. The van der Waals surface area contributed by atoms with Crippen LogP contribution in [-0.2, 0) is 0 Å². The summed E-state index contributed by atoms with van der Waals surface area (Å²) in [5.74, 6) is 1.12. The van der Waals surface area contributed by atoms with E-state index in [9.17, 15) is 0 Å². The summed E-state index contributed by atoms with van der Waals surface area (Å²) in [5.41, 5.74) is 2.75. The van der Waals surface area contributed by atoms with E-state index >= 15 is 0 Å². The van der Waals surface area contributed by atoms with Gasteiger partial charge in [-0.3, -0.25) is 0 Å². The summed E-state index contributed by atoms with van der Waals surface area (Å²) in [7, 11) is 0. The molecule has 4 nitrogen and oxygen atoms in total. The molecule has 0 saturated heterocycles. The van der Waals surface area contributed by atoms with Gasteiger partial charge in [0, 0.05) is 4.47 Å². The van der Waals surface area contributed by atoms with Crippen LogP contribution in [0.4, 0.5) is 0 Å². The highest BCUT2D eigenvalue weighted by Gasteiger charge is 2.11. The van der Waals surface area contributed by atoms with Gasteiger partial charge in [-0.15, -0.1) is 5.10 Å². The van der Waals surface area contributed by atoms with Gasteiger partial charge in [0.25, 0.3) is 0 Å². The monoisotopic (exact) mass is 321 g/mol. The summed E-state index contributed by atoms with van der Waals surface area (Å²) >= 11 is 3.47. The smallest absolute Gasteiger partial charge is 0.341 e. The van der Waals surface area contributed by atoms with Crippen molar-refractivity contribution in [1.82, 2.24) is 15.2 Å². The zero-order valence-electron chi connectivity index (χ0n) is 11.4. The van der Waals surface area contributed by atoms with Crippen LogP contribution in [0.5, 0.6) is 11.8 Å². The van der Waals surface area contributed by atoms with E-state index in [0.717, 1.165) is 27.2 Å². The van der Waals surface area contributed by atoms with E-state index < -0.39 is 0 Å². The van der Waals surface area contributed by atoms with E-state index in [-0.39, 0.29) is 6.01 Å². The van der Waals surface area contributed by atoms with E-state index in [2.05, 4.69) is 51.0 Å². The molecule has 1 aromatic carbocycles. The molecule has 0 bridgehead atoms. The molecule has 100 valence electrons. The lowest BCUT2D eigenvalue weighted by Gasteiger charge is -2.13. The van der Waals surface area contributed by atoms with Crippen LogP contribution in [0.25, 0.3) is 0 Å². The van der Waals surface area contributed by atoms with Crippen LogP contribution in [0.1, 0.15) is 36.7 Å². The van der Waals surface area contributed by atoms with E-state index in [1.54, 1.807) is 0 Å². The van der Waals surface area contributed by atoms with Crippen LogP contribution < -0.4 is 4.74 Å². The fourth-order valence-electron chi connectivity index (χ4n) is 1.64. The average molecular weight is 322 g/mol. The van der Waals surface area contributed by atoms with Crippen molar-refractivity contribution in [2.24, 2.45) is 0 Å². The average Bonchev–Trinajstić information content (AvgIpc) is 2.36. The van der Waals surface area contributed by atoms with E-state index in [0.29, 0.717) is 5.92 Å². The SMILES string of the molecule is Cc1nnc(Oc2ccc(Br)cc2C(C)C)nc1C. The van der Waals surface area contributed by atoms with Gasteiger partial charge in [-0.25, -0.2) is 0 Å². The molecular formula is C14H16BrN3O. The summed E-state index contributed by atoms with van der Waals surface area (Å²) in [6.07, 6.45) is 0. The van der Waals surface area contributed by atoms with Crippen molar-refractivity contribution in [3.05, 3.63) is 39.6 Å². The lowest BCUT2D eigenvalue weighted by atomic mass is 10.0. The van der Waals surface area contributed by atoms with E-state index in [1.165, 1.54) is 0 Å². The van der Waals surface area contributed by atoms with Gasteiger partial charge in [0.15, 0.2) is 0 Å². The molecule has 0 spiro atoms. The molecule has 0 aliphatic carbocycles. The van der Waals surface area contributed by atoms with Gasteiger partial charge in [-0.2, -0.15) is 4.98 Å². The van der Waals surface area contributed by atoms with Gasteiger partial charge in [0.2, 0.25) is 0 Å².